The van der Waals surface area contributed by atoms with Crippen LogP contribution in [0.25, 0.3) is 0 Å². The van der Waals surface area contributed by atoms with Gasteiger partial charge in [0.05, 0.1) is 13.1 Å². The van der Waals surface area contributed by atoms with Gasteiger partial charge < -0.3 is 5.11 Å². The number of terminal acetylenes is 1. The van der Waals surface area contributed by atoms with Gasteiger partial charge in [-0.25, -0.2) is 0 Å². The molecule has 3 heteroatoms. The molecule has 72 valence electrons. The van der Waals surface area contributed by atoms with Crippen molar-refractivity contribution in [1.82, 2.24) is 4.90 Å². The molecular formula is C10H15NO2. The van der Waals surface area contributed by atoms with Gasteiger partial charge in [-0.1, -0.05) is 11.5 Å². The molecule has 13 heavy (non-hydrogen) atoms. The van der Waals surface area contributed by atoms with E-state index in [1.807, 2.05) is 6.92 Å². The maximum atomic E-state index is 10.4. The molecule has 0 atom stereocenters. The zero-order valence-electron chi connectivity index (χ0n) is 7.92. The summed E-state index contributed by atoms with van der Waals surface area (Å²) >= 11 is 0. The second-order valence-corrected chi connectivity index (χ2v) is 3.02. The molecule has 0 aliphatic carbocycles. The Kier molecular flexibility index (Phi) is 5.66. The van der Waals surface area contributed by atoms with Gasteiger partial charge in [-0.15, -0.1) is 13.0 Å². The van der Waals surface area contributed by atoms with Gasteiger partial charge in [0.1, 0.15) is 0 Å². The fourth-order valence-electron chi connectivity index (χ4n) is 0.883. The monoisotopic (exact) mass is 181 g/mol. The fourth-order valence-corrected chi connectivity index (χ4v) is 0.883. The van der Waals surface area contributed by atoms with E-state index in [9.17, 15) is 4.79 Å². The molecule has 0 rings (SSSR count). The average molecular weight is 181 g/mol. The number of carboxylic acids is 1. The van der Waals surface area contributed by atoms with Crippen LogP contribution in [0.4, 0.5) is 0 Å². The first-order valence-electron chi connectivity index (χ1n) is 4.08. The van der Waals surface area contributed by atoms with Crippen LogP contribution in [0.15, 0.2) is 12.2 Å². The summed E-state index contributed by atoms with van der Waals surface area (Å²) in [5.74, 6) is 1.58. The molecule has 0 saturated heterocycles. The molecule has 0 bridgehead atoms. The Balaban J connectivity index is 3.88. The molecule has 0 radical (unpaired) electrons. The van der Waals surface area contributed by atoms with Gasteiger partial charge in [0.2, 0.25) is 0 Å². The number of hydrogen-bond donors (Lipinski definition) is 1. The Morgan fingerprint density at radius 1 is 1.69 bits per heavy atom. The smallest absolute Gasteiger partial charge is 0.317 e. The molecule has 0 aromatic carbocycles. The first-order chi connectivity index (χ1) is 6.06. The van der Waals surface area contributed by atoms with Crippen LogP contribution >= 0.6 is 0 Å². The van der Waals surface area contributed by atoms with Crippen LogP contribution in [-0.2, 0) is 4.79 Å². The van der Waals surface area contributed by atoms with E-state index in [-0.39, 0.29) is 6.54 Å². The second-order valence-electron chi connectivity index (χ2n) is 3.02. The van der Waals surface area contributed by atoms with Crippen LogP contribution in [0.5, 0.6) is 0 Å². The molecule has 0 unspecified atom stereocenters. The van der Waals surface area contributed by atoms with Crippen molar-refractivity contribution in [3.8, 4) is 12.3 Å². The zero-order chi connectivity index (χ0) is 10.3. The fraction of sp³-hybridized carbons (Fsp3) is 0.500. The minimum Gasteiger partial charge on any atom is -0.480 e. The van der Waals surface area contributed by atoms with Crippen molar-refractivity contribution in [2.24, 2.45) is 0 Å². The minimum atomic E-state index is -0.850. The number of nitrogens with zero attached hydrogens (tertiary/aromatic N) is 1. The topological polar surface area (TPSA) is 40.5 Å². The van der Waals surface area contributed by atoms with Gasteiger partial charge in [-0.05, 0) is 13.3 Å². The summed E-state index contributed by atoms with van der Waals surface area (Å²) in [6.07, 6.45) is 5.89. The van der Waals surface area contributed by atoms with Crippen molar-refractivity contribution >= 4 is 5.97 Å². The Hall–Kier alpha value is -1.27. The average Bonchev–Trinajstić information content (AvgIpc) is 1.99. The van der Waals surface area contributed by atoms with E-state index in [0.29, 0.717) is 13.1 Å². The highest BCUT2D eigenvalue weighted by Crippen LogP contribution is 1.98. The summed E-state index contributed by atoms with van der Waals surface area (Å²) in [7, 11) is 0. The van der Waals surface area contributed by atoms with E-state index in [1.54, 1.807) is 4.90 Å². The van der Waals surface area contributed by atoms with Gasteiger partial charge >= 0.3 is 5.97 Å². The van der Waals surface area contributed by atoms with E-state index in [4.69, 9.17) is 11.5 Å². The number of rotatable bonds is 6. The quantitative estimate of drug-likeness (QED) is 0.490. The third-order valence-electron chi connectivity index (χ3n) is 1.53. The predicted octanol–water partition coefficient (Wildman–Crippen LogP) is 0.972. The Bertz CT molecular complexity index is 228. The standard InChI is InChI=1S/C10H15NO2/c1-4-6-11(8-10(12)13)7-5-9(2)3/h1H,2,5-8H2,3H3,(H,12,13). The summed E-state index contributed by atoms with van der Waals surface area (Å²) < 4.78 is 0. The normalized spacial score (nSPS) is 9.62. The lowest BCUT2D eigenvalue weighted by molar-refractivity contribution is -0.138. The van der Waals surface area contributed by atoms with E-state index in [1.165, 1.54) is 0 Å². The van der Waals surface area contributed by atoms with Gasteiger partial charge in [-0.3, -0.25) is 9.69 Å². The highest BCUT2D eigenvalue weighted by molar-refractivity contribution is 5.69. The maximum Gasteiger partial charge on any atom is 0.317 e. The molecule has 0 amide bonds. The Morgan fingerprint density at radius 2 is 2.31 bits per heavy atom. The van der Waals surface area contributed by atoms with Gasteiger partial charge in [0, 0.05) is 6.54 Å². The SMILES string of the molecule is C#CCN(CCC(=C)C)CC(=O)O. The van der Waals surface area contributed by atoms with Crippen LogP contribution in [0.1, 0.15) is 13.3 Å². The van der Waals surface area contributed by atoms with Crippen molar-refractivity contribution in [2.75, 3.05) is 19.6 Å². The molecule has 0 aromatic rings. The lowest BCUT2D eigenvalue weighted by Gasteiger charge is -2.16. The molecule has 0 saturated carbocycles. The lowest BCUT2D eigenvalue weighted by Crippen LogP contribution is -2.31. The van der Waals surface area contributed by atoms with E-state index in [2.05, 4.69) is 12.5 Å². The number of carboxylic acid groups (broad SMARTS) is 1. The van der Waals surface area contributed by atoms with Gasteiger partial charge in [-0.2, -0.15) is 0 Å². The molecule has 3 nitrogen and oxygen atoms in total. The highest BCUT2D eigenvalue weighted by atomic mass is 16.4. The molecule has 0 spiro atoms. The molecule has 0 aliphatic heterocycles. The summed E-state index contributed by atoms with van der Waals surface area (Å²) in [6.45, 7) is 6.68. The summed E-state index contributed by atoms with van der Waals surface area (Å²) in [6, 6.07) is 0. The third kappa shape index (κ3) is 7.10. The summed E-state index contributed by atoms with van der Waals surface area (Å²) in [4.78, 5) is 12.1. The molecule has 0 aromatic heterocycles. The van der Waals surface area contributed by atoms with E-state index < -0.39 is 5.97 Å². The molecule has 0 aliphatic rings. The minimum absolute atomic E-state index is 0.00250. The van der Waals surface area contributed by atoms with Crippen molar-refractivity contribution in [1.29, 1.82) is 0 Å². The van der Waals surface area contributed by atoms with Crippen molar-refractivity contribution < 1.29 is 9.90 Å². The van der Waals surface area contributed by atoms with Crippen LogP contribution in [-0.4, -0.2) is 35.6 Å². The summed E-state index contributed by atoms with van der Waals surface area (Å²) in [5.41, 5.74) is 1.03. The number of aliphatic carboxylic acids is 1. The van der Waals surface area contributed by atoms with Crippen LogP contribution in [0.3, 0.4) is 0 Å². The van der Waals surface area contributed by atoms with E-state index >= 15 is 0 Å². The van der Waals surface area contributed by atoms with Crippen LogP contribution < -0.4 is 0 Å². The van der Waals surface area contributed by atoms with Crippen LogP contribution in [0, 0.1) is 12.3 Å². The van der Waals surface area contributed by atoms with E-state index in [0.717, 1.165) is 12.0 Å². The first kappa shape index (κ1) is 11.7. The molecule has 0 fully saturated rings. The lowest BCUT2D eigenvalue weighted by atomic mass is 10.2. The zero-order valence-corrected chi connectivity index (χ0v) is 7.92. The number of carbonyl (C=O) groups is 1. The second kappa shape index (κ2) is 6.27. The van der Waals surface area contributed by atoms with Crippen molar-refractivity contribution in [3.63, 3.8) is 0 Å². The Morgan fingerprint density at radius 3 is 2.69 bits per heavy atom. The first-order valence-corrected chi connectivity index (χ1v) is 4.08. The summed E-state index contributed by atoms with van der Waals surface area (Å²) in [5, 5.41) is 8.54. The van der Waals surface area contributed by atoms with Crippen molar-refractivity contribution in [2.45, 2.75) is 13.3 Å². The van der Waals surface area contributed by atoms with Gasteiger partial charge in [0.15, 0.2) is 0 Å². The molecule has 1 N–H and O–H groups in total. The third-order valence-corrected chi connectivity index (χ3v) is 1.53. The predicted molar refractivity (Wildman–Crippen MR) is 52.3 cm³/mol. The Labute approximate surface area is 79.0 Å². The van der Waals surface area contributed by atoms with Gasteiger partial charge in [0.25, 0.3) is 0 Å². The maximum absolute atomic E-state index is 10.4. The molecular weight excluding hydrogens is 166 g/mol. The molecule has 0 heterocycles. The largest absolute Gasteiger partial charge is 0.480 e. The van der Waals surface area contributed by atoms with Crippen molar-refractivity contribution in [3.05, 3.63) is 12.2 Å². The highest BCUT2D eigenvalue weighted by Gasteiger charge is 2.07. The van der Waals surface area contributed by atoms with Crippen LogP contribution in [0.2, 0.25) is 0 Å². The number of hydrogen-bond acceptors (Lipinski definition) is 2.